The van der Waals surface area contributed by atoms with E-state index in [2.05, 4.69) is 19.9 Å². The Balaban J connectivity index is 1.39. The summed E-state index contributed by atoms with van der Waals surface area (Å²) in [6, 6.07) is 5.65. The van der Waals surface area contributed by atoms with Crippen LogP contribution in [0.2, 0.25) is 0 Å². The first-order valence-corrected chi connectivity index (χ1v) is 9.50. The lowest BCUT2D eigenvalue weighted by Crippen LogP contribution is -2.55. The summed E-state index contributed by atoms with van der Waals surface area (Å²) < 4.78 is 0. The summed E-state index contributed by atoms with van der Waals surface area (Å²) in [5.74, 6) is 0.940. The second-order valence-electron chi connectivity index (χ2n) is 7.68. The van der Waals surface area contributed by atoms with Gasteiger partial charge < -0.3 is 14.9 Å². The zero-order valence-electron chi connectivity index (χ0n) is 15.4. The van der Waals surface area contributed by atoms with E-state index in [9.17, 15) is 9.90 Å². The summed E-state index contributed by atoms with van der Waals surface area (Å²) in [6.07, 6.45) is 9.36. The molecule has 0 bridgehead atoms. The second-order valence-corrected chi connectivity index (χ2v) is 7.68. The molecule has 1 N–H and O–H groups in total. The molecule has 0 aliphatic carbocycles. The number of carbonyl (C=O) groups is 1. The van der Waals surface area contributed by atoms with Gasteiger partial charge in [-0.2, -0.15) is 0 Å². The van der Waals surface area contributed by atoms with E-state index in [-0.39, 0.29) is 17.4 Å². The fraction of sp³-hybridized carbons (Fsp3) is 0.500. The topological polar surface area (TPSA) is 82.5 Å². The third kappa shape index (κ3) is 4.08. The number of pyridine rings is 1. The van der Waals surface area contributed by atoms with Crippen molar-refractivity contribution in [1.82, 2.24) is 19.9 Å². The van der Waals surface area contributed by atoms with Crippen LogP contribution < -0.4 is 4.90 Å². The van der Waals surface area contributed by atoms with Gasteiger partial charge in [-0.15, -0.1) is 0 Å². The average Bonchev–Trinajstić information content (AvgIpc) is 2.69. The number of hydrogen-bond donors (Lipinski definition) is 1. The van der Waals surface area contributed by atoms with Crippen LogP contribution >= 0.6 is 0 Å². The van der Waals surface area contributed by atoms with Crippen LogP contribution in [-0.4, -0.2) is 63.1 Å². The van der Waals surface area contributed by atoms with Crippen molar-refractivity contribution < 1.29 is 9.90 Å². The molecule has 2 aromatic rings. The van der Waals surface area contributed by atoms with Crippen LogP contribution in [0.5, 0.6) is 0 Å². The molecule has 1 atom stereocenters. The fourth-order valence-electron chi connectivity index (χ4n) is 4.34. The highest BCUT2D eigenvalue weighted by Gasteiger charge is 2.42. The number of nitrogens with zero attached hydrogens (tertiary/aromatic N) is 5. The van der Waals surface area contributed by atoms with Gasteiger partial charge >= 0.3 is 0 Å². The normalized spacial score (nSPS) is 22.0. The van der Waals surface area contributed by atoms with E-state index in [0.717, 1.165) is 50.4 Å². The predicted octanol–water partition coefficient (Wildman–Crippen LogP) is 1.29. The van der Waals surface area contributed by atoms with Gasteiger partial charge in [0.1, 0.15) is 5.82 Å². The maximum Gasteiger partial charge on any atom is 0.228 e. The van der Waals surface area contributed by atoms with Crippen molar-refractivity contribution in [3.63, 3.8) is 0 Å². The van der Waals surface area contributed by atoms with E-state index in [0.29, 0.717) is 13.0 Å². The van der Waals surface area contributed by atoms with Crippen molar-refractivity contribution in [3.8, 4) is 0 Å². The molecular formula is C20H25N5O2. The van der Waals surface area contributed by atoms with Crippen molar-refractivity contribution in [2.75, 3.05) is 31.1 Å². The highest BCUT2D eigenvalue weighted by Crippen LogP contribution is 2.40. The molecule has 2 aliphatic rings. The van der Waals surface area contributed by atoms with Gasteiger partial charge in [0.2, 0.25) is 5.91 Å². The van der Waals surface area contributed by atoms with Crippen molar-refractivity contribution in [1.29, 1.82) is 0 Å². The van der Waals surface area contributed by atoms with Crippen LogP contribution in [0.15, 0.2) is 43.0 Å². The van der Waals surface area contributed by atoms with E-state index in [4.69, 9.17) is 0 Å². The highest BCUT2D eigenvalue weighted by atomic mass is 16.3. The first-order chi connectivity index (χ1) is 13.1. The Bertz CT molecular complexity index is 762. The summed E-state index contributed by atoms with van der Waals surface area (Å²) in [6.45, 7) is 2.90. The number of β-amino-alcohol motifs (C(OH)–C–C–N with tert-alkyl or cyclic N) is 1. The molecule has 2 aliphatic heterocycles. The van der Waals surface area contributed by atoms with Gasteiger partial charge in [0.25, 0.3) is 0 Å². The van der Waals surface area contributed by atoms with Gasteiger partial charge in [-0.05, 0) is 36.8 Å². The molecule has 2 aromatic heterocycles. The molecule has 142 valence electrons. The monoisotopic (exact) mass is 367 g/mol. The maximum absolute atomic E-state index is 12.6. The number of amides is 1. The Kier molecular flexibility index (Phi) is 5.03. The minimum Gasteiger partial charge on any atom is -0.391 e. The summed E-state index contributed by atoms with van der Waals surface area (Å²) >= 11 is 0. The Morgan fingerprint density at radius 2 is 2.04 bits per heavy atom. The molecule has 7 nitrogen and oxygen atoms in total. The molecule has 7 heteroatoms. The van der Waals surface area contributed by atoms with E-state index < -0.39 is 0 Å². The van der Waals surface area contributed by atoms with Gasteiger partial charge in [-0.25, -0.2) is 4.98 Å². The Morgan fingerprint density at radius 3 is 2.74 bits per heavy atom. The maximum atomic E-state index is 12.6. The number of likely N-dealkylation sites (tertiary alicyclic amines) is 1. The fourth-order valence-corrected chi connectivity index (χ4v) is 4.34. The molecule has 0 saturated carbocycles. The molecule has 2 saturated heterocycles. The van der Waals surface area contributed by atoms with Crippen LogP contribution in [0, 0.1) is 5.41 Å². The molecule has 1 unspecified atom stereocenters. The molecule has 1 spiro atoms. The van der Waals surface area contributed by atoms with Crippen molar-refractivity contribution in [2.45, 2.75) is 31.8 Å². The number of piperidine rings is 2. The molecule has 0 radical (unpaired) electrons. The van der Waals surface area contributed by atoms with Crippen LogP contribution in [0.1, 0.15) is 25.0 Å². The number of hydrogen-bond acceptors (Lipinski definition) is 6. The molecule has 27 heavy (non-hydrogen) atoms. The van der Waals surface area contributed by atoms with Crippen LogP contribution in [-0.2, 0) is 11.2 Å². The molecule has 1 amide bonds. The number of anilines is 1. The number of aliphatic hydroxyl groups is 1. The smallest absolute Gasteiger partial charge is 0.228 e. The third-order valence-electron chi connectivity index (χ3n) is 5.73. The number of carbonyl (C=O) groups excluding carboxylic acids is 1. The highest BCUT2D eigenvalue weighted by molar-refractivity contribution is 5.78. The number of aromatic nitrogens is 3. The van der Waals surface area contributed by atoms with Gasteiger partial charge in [0.15, 0.2) is 0 Å². The van der Waals surface area contributed by atoms with Gasteiger partial charge in [0, 0.05) is 50.5 Å². The lowest BCUT2D eigenvalue weighted by Gasteiger charge is -2.49. The molecule has 4 heterocycles. The summed E-state index contributed by atoms with van der Waals surface area (Å²) in [7, 11) is 0. The largest absolute Gasteiger partial charge is 0.391 e. The van der Waals surface area contributed by atoms with E-state index >= 15 is 0 Å². The third-order valence-corrected chi connectivity index (χ3v) is 5.73. The van der Waals surface area contributed by atoms with Crippen LogP contribution in [0.3, 0.4) is 0 Å². The predicted molar refractivity (Wildman–Crippen MR) is 101 cm³/mol. The number of rotatable bonds is 3. The van der Waals surface area contributed by atoms with Crippen molar-refractivity contribution >= 4 is 11.7 Å². The van der Waals surface area contributed by atoms with E-state index in [1.54, 1.807) is 24.8 Å². The SMILES string of the molecule is O=C(Cc1ccccn1)N1CCC2(CC1)CC(O)CN(c1cnccn1)C2. The van der Waals surface area contributed by atoms with Crippen LogP contribution in [0.4, 0.5) is 5.82 Å². The standard InChI is InChI=1S/C20H25N5O2/c26-17-12-20(15-25(14-17)18-13-21-7-8-23-18)4-9-24(10-5-20)19(27)11-16-3-1-2-6-22-16/h1-3,6-8,13,17,26H,4-5,9-12,14-15H2. The zero-order valence-corrected chi connectivity index (χ0v) is 15.4. The molecular weight excluding hydrogens is 342 g/mol. The summed E-state index contributed by atoms with van der Waals surface area (Å²) in [5, 5.41) is 10.4. The molecule has 2 fully saturated rings. The minimum atomic E-state index is -0.378. The number of aliphatic hydroxyl groups excluding tert-OH is 1. The minimum absolute atomic E-state index is 0.0248. The molecule has 0 aromatic carbocycles. The average molecular weight is 367 g/mol. The molecule has 4 rings (SSSR count). The van der Waals surface area contributed by atoms with Crippen molar-refractivity contribution in [3.05, 3.63) is 48.7 Å². The summed E-state index contributed by atoms with van der Waals surface area (Å²) in [4.78, 5) is 29.5. The second kappa shape index (κ2) is 7.60. The quantitative estimate of drug-likeness (QED) is 0.880. The van der Waals surface area contributed by atoms with E-state index in [1.807, 2.05) is 23.1 Å². The zero-order chi connectivity index (χ0) is 18.7. The Labute approximate surface area is 159 Å². The lowest BCUT2D eigenvalue weighted by molar-refractivity contribution is -0.133. The Hall–Kier alpha value is -2.54. The summed E-state index contributed by atoms with van der Waals surface area (Å²) in [5.41, 5.74) is 0.835. The lowest BCUT2D eigenvalue weighted by atomic mass is 9.71. The van der Waals surface area contributed by atoms with Gasteiger partial charge in [-0.3, -0.25) is 14.8 Å². The van der Waals surface area contributed by atoms with E-state index in [1.165, 1.54) is 0 Å². The van der Waals surface area contributed by atoms with Gasteiger partial charge in [-0.1, -0.05) is 6.07 Å². The first-order valence-electron chi connectivity index (χ1n) is 9.50. The van der Waals surface area contributed by atoms with Crippen LogP contribution in [0.25, 0.3) is 0 Å². The first kappa shape index (κ1) is 17.9. The van der Waals surface area contributed by atoms with Gasteiger partial charge in [0.05, 0.1) is 18.7 Å². The van der Waals surface area contributed by atoms with Crippen molar-refractivity contribution in [2.24, 2.45) is 5.41 Å². The Morgan fingerprint density at radius 1 is 1.19 bits per heavy atom.